The van der Waals surface area contributed by atoms with Gasteiger partial charge in [0.2, 0.25) is 0 Å². The molecule has 3 aromatic rings. The second-order valence-electron chi connectivity index (χ2n) is 8.69. The van der Waals surface area contributed by atoms with Crippen LogP contribution in [0.5, 0.6) is 0 Å². The largest absolute Gasteiger partial charge is 0.332 e. The van der Waals surface area contributed by atoms with Gasteiger partial charge in [0.15, 0.2) is 0 Å². The first-order chi connectivity index (χ1) is 16.0. The number of hydrogen-bond acceptors (Lipinski definition) is 6. The number of nitrogens with zero attached hydrogens (tertiary/aromatic N) is 5. The van der Waals surface area contributed by atoms with Crippen molar-refractivity contribution in [2.45, 2.75) is 38.8 Å². The molecule has 8 nitrogen and oxygen atoms in total. The van der Waals surface area contributed by atoms with Crippen LogP contribution in [-0.2, 0) is 19.5 Å². The van der Waals surface area contributed by atoms with E-state index in [4.69, 9.17) is 4.98 Å². The Morgan fingerprint density at radius 2 is 2.00 bits per heavy atom. The van der Waals surface area contributed by atoms with E-state index in [9.17, 15) is 14.0 Å². The van der Waals surface area contributed by atoms with Gasteiger partial charge < -0.3 is 9.88 Å². The molecule has 9 heteroatoms. The predicted molar refractivity (Wildman–Crippen MR) is 119 cm³/mol. The molecular formula is C24H25FN6O2. The van der Waals surface area contributed by atoms with Crippen molar-refractivity contribution in [2.24, 2.45) is 0 Å². The molecule has 33 heavy (non-hydrogen) atoms. The minimum absolute atomic E-state index is 0.0394. The summed E-state index contributed by atoms with van der Waals surface area (Å²) in [4.78, 5) is 45.7. The van der Waals surface area contributed by atoms with Gasteiger partial charge in [-0.05, 0) is 38.4 Å². The Labute approximate surface area is 190 Å². The van der Waals surface area contributed by atoms with Crippen LogP contribution in [0.3, 0.4) is 0 Å². The van der Waals surface area contributed by atoms with Crippen LogP contribution in [0.4, 0.5) is 4.39 Å². The second-order valence-corrected chi connectivity index (χ2v) is 8.69. The highest BCUT2D eigenvalue weighted by molar-refractivity contribution is 5.94. The molecule has 170 valence electrons. The van der Waals surface area contributed by atoms with E-state index in [2.05, 4.69) is 19.9 Å². The number of fused-ring (bicyclic) bond motifs is 1. The van der Waals surface area contributed by atoms with Gasteiger partial charge in [-0.2, -0.15) is 0 Å². The van der Waals surface area contributed by atoms with E-state index in [1.165, 1.54) is 12.1 Å². The molecule has 0 aliphatic carbocycles. The quantitative estimate of drug-likeness (QED) is 0.658. The lowest BCUT2D eigenvalue weighted by molar-refractivity contribution is 0.0726. The summed E-state index contributed by atoms with van der Waals surface area (Å²) in [7, 11) is 0. The fourth-order valence-corrected chi connectivity index (χ4v) is 4.59. The minimum Gasteiger partial charge on any atom is -0.332 e. The Hall–Kier alpha value is -3.46. The van der Waals surface area contributed by atoms with Crippen molar-refractivity contribution in [3.8, 4) is 0 Å². The van der Waals surface area contributed by atoms with E-state index in [1.54, 1.807) is 17.0 Å². The van der Waals surface area contributed by atoms with Gasteiger partial charge in [-0.15, -0.1) is 0 Å². The topological polar surface area (TPSA) is 95.1 Å². The van der Waals surface area contributed by atoms with Gasteiger partial charge in [0.1, 0.15) is 17.5 Å². The van der Waals surface area contributed by atoms with Crippen LogP contribution in [0.1, 0.15) is 51.2 Å². The first-order valence-corrected chi connectivity index (χ1v) is 11.1. The molecule has 0 bridgehead atoms. The highest BCUT2D eigenvalue weighted by atomic mass is 19.1. The normalized spacial score (nSPS) is 18.4. The maximum atomic E-state index is 14.1. The summed E-state index contributed by atoms with van der Waals surface area (Å²) >= 11 is 0. The maximum absolute atomic E-state index is 14.1. The first kappa shape index (κ1) is 21.4. The maximum Gasteiger partial charge on any atom is 0.257 e. The third kappa shape index (κ3) is 4.41. The lowest BCUT2D eigenvalue weighted by atomic mass is 10.0. The monoisotopic (exact) mass is 448 g/mol. The third-order valence-electron chi connectivity index (χ3n) is 6.38. The van der Waals surface area contributed by atoms with E-state index in [0.717, 1.165) is 37.4 Å². The van der Waals surface area contributed by atoms with Crippen LogP contribution in [0.25, 0.3) is 0 Å². The molecule has 2 aliphatic rings. The van der Waals surface area contributed by atoms with Crippen molar-refractivity contribution in [2.75, 3.05) is 19.6 Å². The molecule has 2 aromatic heterocycles. The molecule has 4 heterocycles. The Morgan fingerprint density at radius 3 is 2.79 bits per heavy atom. The third-order valence-corrected chi connectivity index (χ3v) is 6.38. The molecule has 1 unspecified atom stereocenters. The zero-order valence-electron chi connectivity index (χ0n) is 18.4. The summed E-state index contributed by atoms with van der Waals surface area (Å²) in [5.41, 5.74) is 2.17. The zero-order valence-corrected chi connectivity index (χ0v) is 18.4. The Bertz CT molecular complexity index is 1240. The summed E-state index contributed by atoms with van der Waals surface area (Å²) in [5, 5.41) is 0. The van der Waals surface area contributed by atoms with Gasteiger partial charge in [0, 0.05) is 49.1 Å². The molecule has 0 saturated carbocycles. The van der Waals surface area contributed by atoms with E-state index in [1.807, 2.05) is 19.3 Å². The van der Waals surface area contributed by atoms with Crippen LogP contribution >= 0.6 is 0 Å². The zero-order chi connectivity index (χ0) is 22.9. The van der Waals surface area contributed by atoms with Gasteiger partial charge in [-0.1, -0.05) is 12.1 Å². The predicted octanol–water partition coefficient (Wildman–Crippen LogP) is 2.20. The molecule has 2 aliphatic heterocycles. The number of nitrogens with one attached hydrogen (secondary N) is 1. The Morgan fingerprint density at radius 1 is 1.21 bits per heavy atom. The second kappa shape index (κ2) is 8.82. The van der Waals surface area contributed by atoms with E-state index in [0.29, 0.717) is 30.0 Å². The Kier molecular flexibility index (Phi) is 5.72. The van der Waals surface area contributed by atoms with Gasteiger partial charge in [-0.25, -0.2) is 19.3 Å². The van der Waals surface area contributed by atoms with Crippen molar-refractivity contribution in [3.05, 3.63) is 86.9 Å². The lowest BCUT2D eigenvalue weighted by Crippen LogP contribution is -2.40. The summed E-state index contributed by atoms with van der Waals surface area (Å²) in [5.74, 6) is 0.581. The van der Waals surface area contributed by atoms with E-state index in [-0.39, 0.29) is 29.5 Å². The van der Waals surface area contributed by atoms with Crippen LogP contribution in [0.15, 0.2) is 41.5 Å². The lowest BCUT2D eigenvalue weighted by Gasteiger charge is -2.28. The first-order valence-electron chi connectivity index (χ1n) is 11.1. The minimum atomic E-state index is -0.544. The molecule has 5 rings (SSSR count). The number of hydrogen-bond donors (Lipinski definition) is 1. The van der Waals surface area contributed by atoms with E-state index >= 15 is 0 Å². The van der Waals surface area contributed by atoms with Crippen LogP contribution in [0.2, 0.25) is 0 Å². The smallest absolute Gasteiger partial charge is 0.257 e. The van der Waals surface area contributed by atoms with Crippen molar-refractivity contribution in [1.29, 1.82) is 0 Å². The number of halogens is 1. The summed E-state index contributed by atoms with van der Waals surface area (Å²) in [6, 6.07) is 5.96. The average Bonchev–Trinajstić information content (AvgIpc) is 3.28. The summed E-state index contributed by atoms with van der Waals surface area (Å²) in [6.07, 6.45) is 4.97. The fraction of sp³-hybridized carbons (Fsp3) is 0.375. The molecule has 1 aromatic carbocycles. The molecule has 1 N–H and O–H groups in total. The van der Waals surface area contributed by atoms with Gasteiger partial charge in [0.05, 0.1) is 17.8 Å². The van der Waals surface area contributed by atoms with Crippen molar-refractivity contribution >= 4 is 5.91 Å². The van der Waals surface area contributed by atoms with Crippen molar-refractivity contribution in [3.63, 3.8) is 0 Å². The standard InChI is InChI=1S/C24H25FN6O2/c1-15-26-10-16(11-27-15)12-30-8-6-17(13-30)22-28-21-14-31(9-7-19(21)23(32)29-22)24(33)18-4-2-3-5-20(18)25/h2-5,10-11,17H,6-9,12-14H2,1H3,(H,28,29,32). The fourth-order valence-electron chi connectivity index (χ4n) is 4.59. The molecule has 1 saturated heterocycles. The molecule has 1 fully saturated rings. The molecule has 1 amide bonds. The highest BCUT2D eigenvalue weighted by Gasteiger charge is 2.30. The number of aromatic amines is 1. The summed E-state index contributed by atoms with van der Waals surface area (Å²) < 4.78 is 14.1. The highest BCUT2D eigenvalue weighted by Crippen LogP contribution is 2.27. The Balaban J connectivity index is 1.31. The molecule has 0 spiro atoms. The number of carbonyl (C=O) groups excluding carboxylic acids is 1. The number of carbonyl (C=O) groups is 1. The van der Waals surface area contributed by atoms with Gasteiger partial charge in [0.25, 0.3) is 11.5 Å². The van der Waals surface area contributed by atoms with Gasteiger partial charge >= 0.3 is 0 Å². The van der Waals surface area contributed by atoms with Crippen LogP contribution in [-0.4, -0.2) is 55.3 Å². The summed E-state index contributed by atoms with van der Waals surface area (Å²) in [6.45, 7) is 4.83. The number of H-pyrrole nitrogens is 1. The van der Waals surface area contributed by atoms with Crippen LogP contribution < -0.4 is 5.56 Å². The van der Waals surface area contributed by atoms with Crippen molar-refractivity contribution < 1.29 is 9.18 Å². The number of benzene rings is 1. The van der Waals surface area contributed by atoms with E-state index < -0.39 is 5.82 Å². The number of aryl methyl sites for hydroxylation is 1. The number of likely N-dealkylation sites (tertiary alicyclic amines) is 1. The molecular weight excluding hydrogens is 423 g/mol. The van der Waals surface area contributed by atoms with Gasteiger partial charge in [-0.3, -0.25) is 14.5 Å². The number of aromatic nitrogens is 4. The number of rotatable bonds is 4. The number of amides is 1. The molecule has 1 atom stereocenters. The average molecular weight is 449 g/mol. The molecule has 0 radical (unpaired) electrons. The van der Waals surface area contributed by atoms with Crippen LogP contribution in [0, 0.1) is 12.7 Å². The SMILES string of the molecule is Cc1ncc(CN2CCC(c3nc4c(c(=O)[nH]3)CCN(C(=O)c3ccccc3F)C4)C2)cn1. The van der Waals surface area contributed by atoms with Crippen molar-refractivity contribution in [1.82, 2.24) is 29.7 Å².